The minimum atomic E-state index is -0.208. The van der Waals surface area contributed by atoms with Crippen LogP contribution in [0.3, 0.4) is 0 Å². The first-order valence-electron chi connectivity index (χ1n) is 5.11. The van der Waals surface area contributed by atoms with E-state index in [-0.39, 0.29) is 23.4 Å². The molecule has 2 atom stereocenters. The summed E-state index contributed by atoms with van der Waals surface area (Å²) in [7, 11) is 0. The molecule has 0 N–H and O–H groups in total. The van der Waals surface area contributed by atoms with Gasteiger partial charge >= 0.3 is 0 Å². The van der Waals surface area contributed by atoms with Crippen LogP contribution < -0.4 is 0 Å². The quantitative estimate of drug-likeness (QED) is 0.802. The summed E-state index contributed by atoms with van der Waals surface area (Å²) < 4.78 is 14.4. The van der Waals surface area contributed by atoms with E-state index in [0.717, 1.165) is 10.9 Å². The minimum absolute atomic E-state index is 0.0284. The zero-order valence-corrected chi connectivity index (χ0v) is 10.1. The summed E-state index contributed by atoms with van der Waals surface area (Å²) in [5, 5.41) is 0. The van der Waals surface area contributed by atoms with Crippen LogP contribution in [-0.4, -0.2) is 5.78 Å². The zero-order chi connectivity index (χ0) is 11.0. The smallest absolute Gasteiger partial charge is 0.137 e. The lowest BCUT2D eigenvalue weighted by Crippen LogP contribution is -2.35. The third-order valence-corrected chi connectivity index (χ3v) is 3.62. The zero-order valence-electron chi connectivity index (χ0n) is 8.47. The van der Waals surface area contributed by atoms with Crippen LogP contribution in [0, 0.1) is 11.7 Å². The highest BCUT2D eigenvalue weighted by molar-refractivity contribution is 9.10. The van der Waals surface area contributed by atoms with Crippen LogP contribution in [0.5, 0.6) is 0 Å². The Morgan fingerprint density at radius 1 is 1.53 bits per heavy atom. The number of ketones is 1. The van der Waals surface area contributed by atoms with Crippen molar-refractivity contribution in [3.8, 4) is 0 Å². The van der Waals surface area contributed by atoms with Gasteiger partial charge in [0.05, 0.1) is 0 Å². The van der Waals surface area contributed by atoms with E-state index in [0.29, 0.717) is 12.0 Å². The molecule has 1 saturated carbocycles. The van der Waals surface area contributed by atoms with Crippen LogP contribution in [0.25, 0.3) is 0 Å². The molecule has 0 radical (unpaired) electrons. The van der Waals surface area contributed by atoms with E-state index in [2.05, 4.69) is 15.9 Å². The highest BCUT2D eigenvalue weighted by atomic mass is 79.9. The lowest BCUT2D eigenvalue weighted by Gasteiger charge is -2.34. The number of Topliss-reactive ketones (excluding diaryl/α,β-unsaturated/α-hetero) is 1. The fourth-order valence-electron chi connectivity index (χ4n) is 2.22. The van der Waals surface area contributed by atoms with Crippen molar-refractivity contribution >= 4 is 21.7 Å². The number of halogens is 2. The van der Waals surface area contributed by atoms with Crippen LogP contribution >= 0.6 is 15.9 Å². The van der Waals surface area contributed by atoms with Crippen molar-refractivity contribution in [1.82, 2.24) is 0 Å². The van der Waals surface area contributed by atoms with Crippen molar-refractivity contribution in [2.24, 2.45) is 5.92 Å². The molecule has 1 aromatic rings. The molecule has 1 aliphatic carbocycles. The molecule has 1 aliphatic rings. The first kappa shape index (κ1) is 10.8. The van der Waals surface area contributed by atoms with Crippen molar-refractivity contribution in [3.05, 3.63) is 34.1 Å². The standard InChI is InChI=1S/C12H12BrFO/c1-2-8-10(6-12(8)15)9-4-3-7(13)5-11(9)14/h3-5,8,10H,2,6H2,1H3. The molecular formula is C12H12BrFO. The molecule has 1 nitrogen and oxygen atoms in total. The monoisotopic (exact) mass is 270 g/mol. The first-order valence-corrected chi connectivity index (χ1v) is 5.90. The maximum Gasteiger partial charge on any atom is 0.137 e. The van der Waals surface area contributed by atoms with Crippen molar-refractivity contribution in [1.29, 1.82) is 0 Å². The van der Waals surface area contributed by atoms with Gasteiger partial charge in [-0.15, -0.1) is 0 Å². The molecule has 0 spiro atoms. The molecule has 15 heavy (non-hydrogen) atoms. The van der Waals surface area contributed by atoms with Crippen LogP contribution in [0.15, 0.2) is 22.7 Å². The number of hydrogen-bond donors (Lipinski definition) is 0. The topological polar surface area (TPSA) is 17.1 Å². The average molecular weight is 271 g/mol. The van der Waals surface area contributed by atoms with E-state index in [1.165, 1.54) is 6.07 Å². The number of carbonyl (C=O) groups excluding carboxylic acids is 1. The first-order chi connectivity index (χ1) is 7.13. The van der Waals surface area contributed by atoms with Crippen molar-refractivity contribution in [3.63, 3.8) is 0 Å². The number of rotatable bonds is 2. The third kappa shape index (κ3) is 1.85. The molecular weight excluding hydrogens is 259 g/mol. The average Bonchev–Trinajstić information content (AvgIpc) is 2.16. The fraction of sp³-hybridized carbons (Fsp3) is 0.417. The van der Waals surface area contributed by atoms with Crippen LogP contribution in [0.4, 0.5) is 4.39 Å². The summed E-state index contributed by atoms with van der Waals surface area (Å²) in [6, 6.07) is 5.07. The lowest BCUT2D eigenvalue weighted by atomic mass is 9.67. The minimum Gasteiger partial charge on any atom is -0.299 e. The van der Waals surface area contributed by atoms with Gasteiger partial charge in [0.25, 0.3) is 0 Å². The van der Waals surface area contributed by atoms with Gasteiger partial charge in [-0.05, 0) is 24.1 Å². The summed E-state index contributed by atoms with van der Waals surface area (Å²) >= 11 is 3.22. The molecule has 2 unspecified atom stereocenters. The lowest BCUT2D eigenvalue weighted by molar-refractivity contribution is -0.131. The van der Waals surface area contributed by atoms with Gasteiger partial charge in [0.15, 0.2) is 0 Å². The van der Waals surface area contributed by atoms with Crippen molar-refractivity contribution < 1.29 is 9.18 Å². The van der Waals surface area contributed by atoms with E-state index >= 15 is 0 Å². The Hall–Kier alpha value is -0.700. The molecule has 1 fully saturated rings. The molecule has 80 valence electrons. The fourth-order valence-corrected chi connectivity index (χ4v) is 2.55. The van der Waals surface area contributed by atoms with Crippen LogP contribution in [-0.2, 0) is 4.79 Å². The summed E-state index contributed by atoms with van der Waals surface area (Å²) in [5.74, 6) is 0.182. The Bertz CT molecular complexity index is 403. The largest absolute Gasteiger partial charge is 0.299 e. The molecule has 0 aliphatic heterocycles. The van der Waals surface area contributed by atoms with Gasteiger partial charge in [-0.1, -0.05) is 28.9 Å². The van der Waals surface area contributed by atoms with Gasteiger partial charge in [-0.25, -0.2) is 4.39 Å². The Kier molecular flexibility index (Phi) is 2.91. The second kappa shape index (κ2) is 4.05. The Labute approximate surface area is 96.8 Å². The SMILES string of the molecule is CCC1C(=O)CC1c1ccc(Br)cc1F. The highest BCUT2D eigenvalue weighted by Crippen LogP contribution is 2.42. The highest BCUT2D eigenvalue weighted by Gasteiger charge is 2.40. The summed E-state index contributed by atoms with van der Waals surface area (Å²) in [4.78, 5) is 11.3. The molecule has 0 amide bonds. The van der Waals surface area contributed by atoms with E-state index in [9.17, 15) is 9.18 Å². The van der Waals surface area contributed by atoms with Gasteiger partial charge < -0.3 is 0 Å². The molecule has 0 heterocycles. The van der Waals surface area contributed by atoms with Crippen LogP contribution in [0.1, 0.15) is 31.2 Å². The van der Waals surface area contributed by atoms with Crippen molar-refractivity contribution in [2.45, 2.75) is 25.7 Å². The second-order valence-electron chi connectivity index (χ2n) is 3.96. The van der Waals surface area contributed by atoms with Gasteiger partial charge in [-0.2, -0.15) is 0 Å². The Morgan fingerprint density at radius 2 is 2.27 bits per heavy atom. The Morgan fingerprint density at radius 3 is 2.80 bits per heavy atom. The maximum atomic E-state index is 13.6. The van der Waals surface area contributed by atoms with Gasteiger partial charge in [-0.3, -0.25) is 4.79 Å². The summed E-state index contributed by atoms with van der Waals surface area (Å²) in [6.45, 7) is 1.98. The maximum absolute atomic E-state index is 13.6. The normalized spacial score (nSPS) is 25.1. The molecule has 2 rings (SSSR count). The van der Waals surface area contributed by atoms with Gasteiger partial charge in [0.2, 0.25) is 0 Å². The second-order valence-corrected chi connectivity index (χ2v) is 4.87. The van der Waals surface area contributed by atoms with E-state index < -0.39 is 0 Å². The molecule has 1 aromatic carbocycles. The predicted molar refractivity (Wildman–Crippen MR) is 60.2 cm³/mol. The third-order valence-electron chi connectivity index (χ3n) is 3.12. The molecule has 0 bridgehead atoms. The number of carbonyl (C=O) groups is 1. The van der Waals surface area contributed by atoms with Crippen LogP contribution in [0.2, 0.25) is 0 Å². The Balaban J connectivity index is 2.27. The van der Waals surface area contributed by atoms with E-state index in [1.54, 1.807) is 6.07 Å². The molecule has 0 saturated heterocycles. The predicted octanol–water partition coefficient (Wildman–Crippen LogP) is 3.67. The molecule has 3 heteroatoms. The number of hydrogen-bond acceptors (Lipinski definition) is 1. The van der Waals surface area contributed by atoms with E-state index in [4.69, 9.17) is 0 Å². The summed E-state index contributed by atoms with van der Waals surface area (Å²) in [6.07, 6.45) is 1.30. The van der Waals surface area contributed by atoms with E-state index in [1.807, 2.05) is 13.0 Å². The molecule has 0 aromatic heterocycles. The van der Waals surface area contributed by atoms with Gasteiger partial charge in [0, 0.05) is 22.7 Å². The van der Waals surface area contributed by atoms with Gasteiger partial charge in [0.1, 0.15) is 11.6 Å². The summed E-state index contributed by atoms with van der Waals surface area (Å²) in [5.41, 5.74) is 0.685. The number of benzene rings is 1. The van der Waals surface area contributed by atoms with Crippen molar-refractivity contribution in [2.75, 3.05) is 0 Å².